The van der Waals surface area contributed by atoms with Crippen molar-refractivity contribution in [3.8, 4) is 0 Å². The van der Waals surface area contributed by atoms with E-state index in [1.165, 1.54) is 5.39 Å². The molecule has 1 atom stereocenters. The van der Waals surface area contributed by atoms with E-state index in [2.05, 4.69) is 23.5 Å². The molecule has 3 nitrogen and oxygen atoms in total. The maximum Gasteiger partial charge on any atom is 0.244 e. The highest BCUT2D eigenvalue weighted by Crippen LogP contribution is 2.24. The topological polar surface area (TPSA) is 32.3 Å². The van der Waals surface area contributed by atoms with E-state index in [4.69, 9.17) is 0 Å². The van der Waals surface area contributed by atoms with Gasteiger partial charge in [0.2, 0.25) is 5.91 Å². The van der Waals surface area contributed by atoms with Crippen LogP contribution in [-0.2, 0) is 4.79 Å². The largest absolute Gasteiger partial charge is 0.373 e. The fraction of sp³-hybridized carbons (Fsp3) is 0.353. The summed E-state index contributed by atoms with van der Waals surface area (Å²) in [5.41, 5.74) is 1.03. The third kappa shape index (κ3) is 2.48. The standard InChI is InChI=1S/C17H20N2O/c1-13(17(20)19-11-4-5-12-19)18-16-10-6-8-14-7-2-3-9-15(14)16/h2-3,6-10,13,18H,4-5,11-12H2,1H3. The Morgan fingerprint density at radius 3 is 2.60 bits per heavy atom. The minimum Gasteiger partial charge on any atom is -0.373 e. The fourth-order valence-corrected chi connectivity index (χ4v) is 2.86. The predicted molar refractivity (Wildman–Crippen MR) is 82.8 cm³/mol. The predicted octanol–water partition coefficient (Wildman–Crippen LogP) is 3.26. The van der Waals surface area contributed by atoms with Gasteiger partial charge in [-0.05, 0) is 31.2 Å². The summed E-state index contributed by atoms with van der Waals surface area (Å²) in [6.07, 6.45) is 2.26. The summed E-state index contributed by atoms with van der Waals surface area (Å²) in [4.78, 5) is 14.3. The summed E-state index contributed by atoms with van der Waals surface area (Å²) >= 11 is 0. The fourth-order valence-electron chi connectivity index (χ4n) is 2.86. The summed E-state index contributed by atoms with van der Waals surface area (Å²) < 4.78 is 0. The first-order valence-corrected chi connectivity index (χ1v) is 7.29. The second-order valence-corrected chi connectivity index (χ2v) is 5.43. The van der Waals surface area contributed by atoms with Crippen LogP contribution in [0.15, 0.2) is 42.5 Å². The minimum absolute atomic E-state index is 0.182. The Labute approximate surface area is 119 Å². The van der Waals surface area contributed by atoms with Crippen molar-refractivity contribution < 1.29 is 4.79 Å². The Bertz CT molecular complexity index is 612. The number of anilines is 1. The highest BCUT2D eigenvalue weighted by Gasteiger charge is 2.23. The van der Waals surface area contributed by atoms with Crippen molar-refractivity contribution in [3.05, 3.63) is 42.5 Å². The van der Waals surface area contributed by atoms with E-state index in [9.17, 15) is 4.79 Å². The highest BCUT2D eigenvalue weighted by molar-refractivity contribution is 5.95. The summed E-state index contributed by atoms with van der Waals surface area (Å²) in [5.74, 6) is 0.204. The van der Waals surface area contributed by atoms with Crippen LogP contribution in [0.3, 0.4) is 0 Å². The van der Waals surface area contributed by atoms with Crippen LogP contribution in [0.2, 0.25) is 0 Å². The lowest BCUT2D eigenvalue weighted by Crippen LogP contribution is -2.39. The molecule has 1 aliphatic rings. The molecule has 1 saturated heterocycles. The molecule has 3 heteroatoms. The third-order valence-corrected chi connectivity index (χ3v) is 3.95. The van der Waals surface area contributed by atoms with Crippen LogP contribution in [0.25, 0.3) is 10.8 Å². The normalized spacial score (nSPS) is 16.4. The summed E-state index contributed by atoms with van der Waals surface area (Å²) in [6, 6.07) is 14.2. The lowest BCUT2D eigenvalue weighted by molar-refractivity contribution is -0.130. The number of amides is 1. The van der Waals surface area contributed by atoms with E-state index >= 15 is 0 Å². The Balaban J connectivity index is 1.80. The molecule has 1 aliphatic heterocycles. The van der Waals surface area contributed by atoms with Crippen LogP contribution in [-0.4, -0.2) is 29.9 Å². The van der Waals surface area contributed by atoms with Crippen LogP contribution >= 0.6 is 0 Å². The van der Waals surface area contributed by atoms with Gasteiger partial charge in [0.25, 0.3) is 0 Å². The molecule has 1 fully saturated rings. The van der Waals surface area contributed by atoms with E-state index < -0.39 is 0 Å². The van der Waals surface area contributed by atoms with Crippen LogP contribution in [0.5, 0.6) is 0 Å². The molecule has 1 N–H and O–H groups in total. The second-order valence-electron chi connectivity index (χ2n) is 5.43. The number of carbonyl (C=O) groups excluding carboxylic acids is 1. The molecule has 2 aromatic rings. The third-order valence-electron chi connectivity index (χ3n) is 3.95. The molecule has 104 valence electrons. The van der Waals surface area contributed by atoms with E-state index in [0.29, 0.717) is 0 Å². The molecule has 0 spiro atoms. The average molecular weight is 268 g/mol. The molecule has 1 amide bonds. The molecule has 3 rings (SSSR count). The number of hydrogen-bond donors (Lipinski definition) is 1. The van der Waals surface area contributed by atoms with Gasteiger partial charge in [-0.15, -0.1) is 0 Å². The van der Waals surface area contributed by atoms with Gasteiger partial charge in [-0.3, -0.25) is 4.79 Å². The molecule has 20 heavy (non-hydrogen) atoms. The minimum atomic E-state index is -0.182. The molecular formula is C17H20N2O. The first kappa shape index (κ1) is 13.0. The summed E-state index contributed by atoms with van der Waals surface area (Å²) in [7, 11) is 0. The van der Waals surface area contributed by atoms with Crippen molar-refractivity contribution in [2.24, 2.45) is 0 Å². The van der Waals surface area contributed by atoms with Gasteiger partial charge in [0.15, 0.2) is 0 Å². The van der Waals surface area contributed by atoms with E-state index in [0.717, 1.165) is 37.0 Å². The summed E-state index contributed by atoms with van der Waals surface area (Å²) in [6.45, 7) is 3.75. The molecule has 2 aromatic carbocycles. The number of likely N-dealkylation sites (tertiary alicyclic amines) is 1. The van der Waals surface area contributed by atoms with E-state index in [1.807, 2.05) is 36.1 Å². The maximum absolute atomic E-state index is 12.3. The first-order chi connectivity index (χ1) is 9.75. The zero-order valence-corrected chi connectivity index (χ0v) is 11.8. The van der Waals surface area contributed by atoms with E-state index in [1.54, 1.807) is 0 Å². The molecular weight excluding hydrogens is 248 g/mol. The average Bonchev–Trinajstić information content (AvgIpc) is 3.01. The second kappa shape index (κ2) is 5.53. The quantitative estimate of drug-likeness (QED) is 0.926. The molecule has 1 heterocycles. The molecule has 0 radical (unpaired) electrons. The van der Waals surface area contributed by atoms with Crippen molar-refractivity contribution >= 4 is 22.4 Å². The number of benzene rings is 2. The molecule has 0 aliphatic carbocycles. The Kier molecular flexibility index (Phi) is 3.59. The lowest BCUT2D eigenvalue weighted by atomic mass is 10.1. The van der Waals surface area contributed by atoms with E-state index in [-0.39, 0.29) is 11.9 Å². The number of carbonyl (C=O) groups is 1. The molecule has 0 saturated carbocycles. The van der Waals surface area contributed by atoms with Crippen LogP contribution in [0.4, 0.5) is 5.69 Å². The molecule has 0 aromatic heterocycles. The highest BCUT2D eigenvalue weighted by atomic mass is 16.2. The van der Waals surface area contributed by atoms with Gasteiger partial charge < -0.3 is 10.2 Å². The Morgan fingerprint density at radius 1 is 1.10 bits per heavy atom. The van der Waals surface area contributed by atoms with Crippen molar-refractivity contribution in [1.82, 2.24) is 4.90 Å². The van der Waals surface area contributed by atoms with Gasteiger partial charge in [-0.1, -0.05) is 36.4 Å². The van der Waals surface area contributed by atoms with Gasteiger partial charge in [0.1, 0.15) is 6.04 Å². The van der Waals surface area contributed by atoms with Gasteiger partial charge >= 0.3 is 0 Å². The van der Waals surface area contributed by atoms with Crippen LogP contribution in [0, 0.1) is 0 Å². The number of nitrogens with zero attached hydrogens (tertiary/aromatic N) is 1. The lowest BCUT2D eigenvalue weighted by Gasteiger charge is -2.22. The smallest absolute Gasteiger partial charge is 0.244 e. The first-order valence-electron chi connectivity index (χ1n) is 7.29. The van der Waals surface area contributed by atoms with Crippen molar-refractivity contribution in [3.63, 3.8) is 0 Å². The van der Waals surface area contributed by atoms with Gasteiger partial charge in [0.05, 0.1) is 0 Å². The SMILES string of the molecule is CC(Nc1cccc2ccccc12)C(=O)N1CCCC1. The van der Waals surface area contributed by atoms with Gasteiger partial charge in [-0.25, -0.2) is 0 Å². The maximum atomic E-state index is 12.3. The monoisotopic (exact) mass is 268 g/mol. The Morgan fingerprint density at radius 2 is 1.80 bits per heavy atom. The van der Waals surface area contributed by atoms with Gasteiger partial charge in [-0.2, -0.15) is 0 Å². The van der Waals surface area contributed by atoms with Crippen LogP contribution < -0.4 is 5.32 Å². The zero-order chi connectivity index (χ0) is 13.9. The van der Waals surface area contributed by atoms with Crippen molar-refractivity contribution in [1.29, 1.82) is 0 Å². The number of hydrogen-bond acceptors (Lipinski definition) is 2. The summed E-state index contributed by atoms with van der Waals surface area (Å²) in [5, 5.41) is 5.73. The zero-order valence-electron chi connectivity index (χ0n) is 11.8. The van der Waals surface area contributed by atoms with Crippen molar-refractivity contribution in [2.45, 2.75) is 25.8 Å². The number of rotatable bonds is 3. The van der Waals surface area contributed by atoms with Crippen LogP contribution in [0.1, 0.15) is 19.8 Å². The Hall–Kier alpha value is -2.03. The molecule has 1 unspecified atom stereocenters. The van der Waals surface area contributed by atoms with Crippen molar-refractivity contribution in [2.75, 3.05) is 18.4 Å². The van der Waals surface area contributed by atoms with Gasteiger partial charge in [0, 0.05) is 24.2 Å². The number of fused-ring (bicyclic) bond motifs is 1. The number of nitrogens with one attached hydrogen (secondary N) is 1. The molecule has 0 bridgehead atoms.